The monoisotopic (exact) mass is 172 g/mol. The Bertz CT molecular complexity index is 442. The second-order valence-corrected chi connectivity index (χ2v) is 2.99. The van der Waals surface area contributed by atoms with Gasteiger partial charge in [0.15, 0.2) is 0 Å². The highest BCUT2D eigenvalue weighted by molar-refractivity contribution is 5.88. The standard InChI is InChI=1S/C11H10NO/c1-2-9-7-12(8-13)11-6-4-3-5-10(9)11/h3-7H,2H2,1H3. The predicted octanol–water partition coefficient (Wildman–Crippen LogP) is 2.12. The molecular formula is C11H10NO. The van der Waals surface area contributed by atoms with Crippen LogP contribution in [0.25, 0.3) is 10.9 Å². The molecule has 2 heteroatoms. The number of hydrogen-bond acceptors (Lipinski definition) is 1. The van der Waals surface area contributed by atoms with Crippen molar-refractivity contribution in [2.45, 2.75) is 13.3 Å². The van der Waals surface area contributed by atoms with Gasteiger partial charge in [-0.15, -0.1) is 0 Å². The molecule has 0 amide bonds. The highest BCUT2D eigenvalue weighted by Crippen LogP contribution is 2.20. The molecule has 0 N–H and O–H groups in total. The summed E-state index contributed by atoms with van der Waals surface area (Å²) in [5.74, 6) is 0. The van der Waals surface area contributed by atoms with Crippen LogP contribution in [0.5, 0.6) is 0 Å². The average Bonchev–Trinajstić information content (AvgIpc) is 2.56. The van der Waals surface area contributed by atoms with E-state index in [1.54, 1.807) is 0 Å². The Morgan fingerprint density at radius 2 is 2.15 bits per heavy atom. The van der Waals surface area contributed by atoms with E-state index < -0.39 is 0 Å². The van der Waals surface area contributed by atoms with Gasteiger partial charge in [-0.25, -0.2) is 0 Å². The van der Waals surface area contributed by atoms with Crippen molar-refractivity contribution in [3.8, 4) is 0 Å². The molecule has 0 saturated heterocycles. The van der Waals surface area contributed by atoms with Crippen LogP contribution in [0.4, 0.5) is 0 Å². The normalized spacial score (nSPS) is 10.5. The van der Waals surface area contributed by atoms with E-state index >= 15 is 0 Å². The second-order valence-electron chi connectivity index (χ2n) is 2.99. The minimum absolute atomic E-state index is 0.939. The van der Waals surface area contributed by atoms with Crippen molar-refractivity contribution in [1.82, 2.24) is 4.57 Å². The molecule has 13 heavy (non-hydrogen) atoms. The SMILES string of the molecule is CCc1cn([C]=O)c2ccccc12. The van der Waals surface area contributed by atoms with Crippen molar-refractivity contribution in [3.63, 3.8) is 0 Å². The smallest absolute Gasteiger partial charge is 0.279 e. The van der Waals surface area contributed by atoms with Crippen LogP contribution >= 0.6 is 0 Å². The van der Waals surface area contributed by atoms with Crippen LogP contribution in [0.15, 0.2) is 30.5 Å². The van der Waals surface area contributed by atoms with Crippen LogP contribution in [-0.4, -0.2) is 11.0 Å². The van der Waals surface area contributed by atoms with Gasteiger partial charge in [-0.2, -0.15) is 0 Å². The van der Waals surface area contributed by atoms with Gasteiger partial charge in [0, 0.05) is 11.6 Å². The molecule has 0 aliphatic rings. The summed E-state index contributed by atoms with van der Waals surface area (Å²) in [4.78, 5) is 10.6. The summed E-state index contributed by atoms with van der Waals surface area (Å²) in [7, 11) is 0. The van der Waals surface area contributed by atoms with Crippen LogP contribution in [0.2, 0.25) is 0 Å². The highest BCUT2D eigenvalue weighted by atomic mass is 16.1. The fraction of sp³-hybridized carbons (Fsp3) is 0.182. The minimum atomic E-state index is 0.939. The fourth-order valence-electron chi connectivity index (χ4n) is 1.61. The number of hydrogen-bond donors (Lipinski definition) is 0. The number of rotatable bonds is 2. The quantitative estimate of drug-likeness (QED) is 0.680. The minimum Gasteiger partial charge on any atom is -0.279 e. The topological polar surface area (TPSA) is 22.0 Å². The number of fused-ring (bicyclic) bond motifs is 1. The molecule has 2 rings (SSSR count). The lowest BCUT2D eigenvalue weighted by Gasteiger charge is -1.91. The van der Waals surface area contributed by atoms with Crippen molar-refractivity contribution in [1.29, 1.82) is 0 Å². The van der Waals surface area contributed by atoms with E-state index in [0.29, 0.717) is 0 Å². The Labute approximate surface area is 76.8 Å². The van der Waals surface area contributed by atoms with E-state index in [0.717, 1.165) is 17.3 Å². The van der Waals surface area contributed by atoms with E-state index in [4.69, 9.17) is 0 Å². The van der Waals surface area contributed by atoms with Gasteiger partial charge in [-0.1, -0.05) is 25.1 Å². The van der Waals surface area contributed by atoms with E-state index in [2.05, 4.69) is 6.92 Å². The molecule has 0 unspecified atom stereocenters. The summed E-state index contributed by atoms with van der Waals surface area (Å²) < 4.78 is 1.51. The summed E-state index contributed by atoms with van der Waals surface area (Å²) in [6.45, 7) is 2.08. The molecule has 1 radical (unpaired) electrons. The fourth-order valence-corrected chi connectivity index (χ4v) is 1.61. The van der Waals surface area contributed by atoms with E-state index in [1.165, 1.54) is 10.1 Å². The van der Waals surface area contributed by atoms with E-state index in [1.807, 2.05) is 36.9 Å². The van der Waals surface area contributed by atoms with Crippen LogP contribution < -0.4 is 0 Å². The number of benzene rings is 1. The molecule has 2 nitrogen and oxygen atoms in total. The van der Waals surface area contributed by atoms with Crippen molar-refractivity contribution in [2.75, 3.05) is 0 Å². The first kappa shape index (κ1) is 8.05. The summed E-state index contributed by atoms with van der Waals surface area (Å²) in [5, 5.41) is 1.15. The zero-order valence-corrected chi connectivity index (χ0v) is 7.45. The first-order valence-electron chi connectivity index (χ1n) is 4.34. The maximum absolute atomic E-state index is 10.6. The van der Waals surface area contributed by atoms with Crippen LogP contribution in [0.3, 0.4) is 0 Å². The number of para-hydroxylation sites is 1. The van der Waals surface area contributed by atoms with E-state index in [9.17, 15) is 4.79 Å². The summed E-state index contributed by atoms with van der Waals surface area (Å²) in [6, 6.07) is 7.87. The van der Waals surface area contributed by atoms with E-state index in [-0.39, 0.29) is 0 Å². The van der Waals surface area contributed by atoms with Gasteiger partial charge in [-0.05, 0) is 18.1 Å². The maximum atomic E-state index is 10.6. The molecule has 0 aliphatic heterocycles. The summed E-state index contributed by atoms with van der Waals surface area (Å²) in [6.07, 6.45) is 4.68. The predicted molar refractivity (Wildman–Crippen MR) is 52.4 cm³/mol. The van der Waals surface area contributed by atoms with Gasteiger partial charge in [-0.3, -0.25) is 9.36 Å². The molecule has 0 saturated carbocycles. The third kappa shape index (κ3) is 1.15. The first-order valence-corrected chi connectivity index (χ1v) is 4.34. The van der Waals surface area contributed by atoms with Gasteiger partial charge in [0.2, 0.25) is 0 Å². The van der Waals surface area contributed by atoms with Crippen LogP contribution in [-0.2, 0) is 11.2 Å². The van der Waals surface area contributed by atoms with Gasteiger partial charge in [0.05, 0.1) is 5.52 Å². The average molecular weight is 172 g/mol. The molecule has 1 aromatic carbocycles. The van der Waals surface area contributed by atoms with Gasteiger partial charge in [0.1, 0.15) is 0 Å². The molecule has 0 bridgehead atoms. The molecule has 0 spiro atoms. The Morgan fingerprint density at radius 3 is 2.85 bits per heavy atom. The molecule has 0 aliphatic carbocycles. The number of carbonyl (C=O) groups excluding carboxylic acids is 1. The Hall–Kier alpha value is -1.57. The lowest BCUT2D eigenvalue weighted by molar-refractivity contribution is 0.549. The van der Waals surface area contributed by atoms with Crippen LogP contribution in [0, 0.1) is 0 Å². The first-order chi connectivity index (χ1) is 6.36. The largest absolute Gasteiger partial charge is 0.321 e. The lowest BCUT2D eigenvalue weighted by atomic mass is 10.1. The number of aromatic nitrogens is 1. The molecule has 1 heterocycles. The van der Waals surface area contributed by atoms with Crippen LogP contribution in [0.1, 0.15) is 12.5 Å². The van der Waals surface area contributed by atoms with Crippen molar-refractivity contribution in [3.05, 3.63) is 36.0 Å². The highest BCUT2D eigenvalue weighted by Gasteiger charge is 2.04. The van der Waals surface area contributed by atoms with Gasteiger partial charge >= 0.3 is 6.41 Å². The Kier molecular flexibility index (Phi) is 1.89. The second kappa shape index (κ2) is 3.05. The Morgan fingerprint density at radius 1 is 1.38 bits per heavy atom. The zero-order chi connectivity index (χ0) is 9.26. The molecular weight excluding hydrogens is 162 g/mol. The zero-order valence-electron chi connectivity index (χ0n) is 7.45. The maximum Gasteiger partial charge on any atom is 0.321 e. The van der Waals surface area contributed by atoms with Crippen molar-refractivity contribution < 1.29 is 4.79 Å². The molecule has 1 aromatic heterocycles. The molecule has 2 aromatic rings. The van der Waals surface area contributed by atoms with Crippen molar-refractivity contribution >= 4 is 17.3 Å². The molecule has 65 valence electrons. The number of nitrogens with zero attached hydrogens (tertiary/aromatic N) is 1. The third-order valence-electron chi connectivity index (χ3n) is 2.27. The molecule has 0 fully saturated rings. The summed E-state index contributed by atoms with van der Waals surface area (Å²) >= 11 is 0. The Balaban J connectivity index is 2.81. The van der Waals surface area contributed by atoms with Crippen molar-refractivity contribution in [2.24, 2.45) is 0 Å². The van der Waals surface area contributed by atoms with Gasteiger partial charge in [0.25, 0.3) is 0 Å². The van der Waals surface area contributed by atoms with Gasteiger partial charge < -0.3 is 0 Å². The molecule has 0 atom stereocenters. The lowest BCUT2D eigenvalue weighted by Crippen LogP contribution is -1.90. The third-order valence-corrected chi connectivity index (χ3v) is 2.27. The summed E-state index contributed by atoms with van der Waals surface area (Å²) in [5.41, 5.74) is 2.13. The number of aryl methyl sites for hydroxylation is 1.